The predicted molar refractivity (Wildman–Crippen MR) is 97.6 cm³/mol. The van der Waals surface area contributed by atoms with Gasteiger partial charge < -0.3 is 9.88 Å². The van der Waals surface area contributed by atoms with E-state index in [1.165, 1.54) is 12.3 Å². The quantitative estimate of drug-likeness (QED) is 0.724. The monoisotopic (exact) mass is 355 g/mol. The fourth-order valence-corrected chi connectivity index (χ4v) is 2.56. The number of halogens is 1. The summed E-state index contributed by atoms with van der Waals surface area (Å²) in [5.74, 6) is 0.0964. The summed E-state index contributed by atoms with van der Waals surface area (Å²) in [4.78, 5) is 25.0. The molecule has 0 saturated carbocycles. The van der Waals surface area contributed by atoms with E-state index in [1.54, 1.807) is 24.7 Å². The molecule has 6 nitrogen and oxygen atoms in total. The number of carbonyl (C=O) groups is 1. The van der Waals surface area contributed by atoms with Gasteiger partial charge >= 0.3 is 0 Å². The van der Waals surface area contributed by atoms with Crippen LogP contribution in [-0.2, 0) is 6.54 Å². The number of rotatable bonds is 6. The van der Waals surface area contributed by atoms with Gasteiger partial charge in [-0.2, -0.15) is 0 Å². The fourth-order valence-electron chi connectivity index (χ4n) is 2.40. The molecule has 7 heteroatoms. The molecule has 0 aliphatic rings. The van der Waals surface area contributed by atoms with Crippen molar-refractivity contribution in [2.45, 2.75) is 26.3 Å². The summed E-state index contributed by atoms with van der Waals surface area (Å²) in [5, 5.41) is 3.21. The Labute approximate surface area is 150 Å². The van der Waals surface area contributed by atoms with Gasteiger partial charge in [-0.1, -0.05) is 31.0 Å². The largest absolute Gasteiger partial charge is 0.329 e. The Kier molecular flexibility index (Phi) is 5.40. The number of carbonyl (C=O) groups excluding carboxylic acids is 1. The van der Waals surface area contributed by atoms with E-state index >= 15 is 0 Å². The van der Waals surface area contributed by atoms with Crippen molar-refractivity contribution in [3.8, 4) is 11.4 Å². The molecule has 3 heterocycles. The number of anilines is 1. The number of hydrogen-bond acceptors (Lipinski definition) is 4. The van der Waals surface area contributed by atoms with Gasteiger partial charge in [0.05, 0.1) is 23.9 Å². The van der Waals surface area contributed by atoms with E-state index in [-0.39, 0.29) is 11.6 Å². The molecule has 0 fully saturated rings. The molecule has 1 amide bonds. The summed E-state index contributed by atoms with van der Waals surface area (Å²) in [5.41, 5.74) is 1.92. The van der Waals surface area contributed by atoms with Crippen molar-refractivity contribution in [3.05, 3.63) is 59.8 Å². The van der Waals surface area contributed by atoms with E-state index in [9.17, 15) is 4.79 Å². The average molecular weight is 356 g/mol. The Hall–Kier alpha value is -2.73. The van der Waals surface area contributed by atoms with E-state index < -0.39 is 0 Å². The lowest BCUT2D eigenvalue weighted by atomic mass is 10.2. The number of nitrogens with zero attached hydrogens (tertiary/aromatic N) is 4. The van der Waals surface area contributed by atoms with Gasteiger partial charge in [-0.05, 0) is 30.7 Å². The van der Waals surface area contributed by atoms with Crippen LogP contribution in [0.3, 0.4) is 0 Å². The van der Waals surface area contributed by atoms with Gasteiger partial charge in [0, 0.05) is 17.8 Å². The maximum Gasteiger partial charge on any atom is 0.275 e. The van der Waals surface area contributed by atoms with Crippen molar-refractivity contribution < 1.29 is 4.79 Å². The van der Waals surface area contributed by atoms with Crippen LogP contribution in [0.15, 0.2) is 49.1 Å². The van der Waals surface area contributed by atoms with Crippen molar-refractivity contribution in [2.75, 3.05) is 5.32 Å². The number of nitrogens with one attached hydrogen (secondary N) is 1. The highest BCUT2D eigenvalue weighted by Gasteiger charge is 2.11. The van der Waals surface area contributed by atoms with E-state index in [1.807, 2.05) is 12.1 Å². The molecule has 128 valence electrons. The third-order valence-corrected chi connectivity index (χ3v) is 3.91. The summed E-state index contributed by atoms with van der Waals surface area (Å²) in [6.07, 6.45) is 7.25. The summed E-state index contributed by atoms with van der Waals surface area (Å²) < 4.78 is 2.07. The maximum atomic E-state index is 12.3. The minimum atomic E-state index is -0.355. The first-order valence-corrected chi connectivity index (χ1v) is 8.45. The van der Waals surface area contributed by atoms with Crippen LogP contribution in [0.2, 0.25) is 5.02 Å². The molecule has 0 bridgehead atoms. The van der Waals surface area contributed by atoms with E-state index in [2.05, 4.69) is 31.8 Å². The number of imidazole rings is 1. The highest BCUT2D eigenvalue weighted by atomic mass is 35.5. The fraction of sp³-hybridized carbons (Fsp3) is 0.222. The molecule has 25 heavy (non-hydrogen) atoms. The van der Waals surface area contributed by atoms with Gasteiger partial charge in [-0.15, -0.1) is 0 Å². The van der Waals surface area contributed by atoms with Crippen LogP contribution >= 0.6 is 11.6 Å². The van der Waals surface area contributed by atoms with Crippen LogP contribution in [0, 0.1) is 0 Å². The zero-order valence-corrected chi connectivity index (χ0v) is 14.6. The number of aryl methyl sites for hydroxylation is 1. The van der Waals surface area contributed by atoms with Gasteiger partial charge in [-0.3, -0.25) is 9.78 Å². The van der Waals surface area contributed by atoms with Crippen LogP contribution in [-0.4, -0.2) is 25.4 Å². The van der Waals surface area contributed by atoms with E-state index in [0.717, 1.165) is 30.8 Å². The molecule has 0 unspecified atom stereocenters. The van der Waals surface area contributed by atoms with Gasteiger partial charge in [0.1, 0.15) is 11.5 Å². The van der Waals surface area contributed by atoms with Gasteiger partial charge in [0.25, 0.3) is 5.91 Å². The maximum absolute atomic E-state index is 12.3. The lowest BCUT2D eigenvalue weighted by Crippen LogP contribution is -2.14. The molecule has 0 aliphatic heterocycles. The van der Waals surface area contributed by atoms with Crippen LogP contribution in [0.1, 0.15) is 30.3 Å². The Balaban J connectivity index is 1.80. The summed E-state index contributed by atoms with van der Waals surface area (Å²) in [6.45, 7) is 3.03. The van der Waals surface area contributed by atoms with Gasteiger partial charge in [0.15, 0.2) is 0 Å². The van der Waals surface area contributed by atoms with Crippen LogP contribution < -0.4 is 5.32 Å². The smallest absolute Gasteiger partial charge is 0.275 e. The molecular weight excluding hydrogens is 338 g/mol. The standard InChI is InChI=1S/C18H18ClN5O/c1-2-3-9-24-12-20-11-16(24)14-5-4-6-17(22-14)23-18(25)15-10-13(19)7-8-21-15/h4-8,10-12H,2-3,9H2,1H3,(H,22,23,25). The topological polar surface area (TPSA) is 72.7 Å². The third kappa shape index (κ3) is 4.22. The Morgan fingerprint density at radius 2 is 2.20 bits per heavy atom. The number of pyridine rings is 2. The number of unbranched alkanes of at least 4 members (excludes halogenated alkanes) is 1. The van der Waals surface area contributed by atoms with Crippen molar-refractivity contribution in [3.63, 3.8) is 0 Å². The third-order valence-electron chi connectivity index (χ3n) is 3.67. The van der Waals surface area contributed by atoms with Crippen molar-refractivity contribution >= 4 is 23.3 Å². The van der Waals surface area contributed by atoms with E-state index in [4.69, 9.17) is 11.6 Å². The second-order valence-electron chi connectivity index (χ2n) is 5.55. The molecule has 1 N–H and O–H groups in total. The number of hydrogen-bond donors (Lipinski definition) is 1. The minimum Gasteiger partial charge on any atom is -0.329 e. The first-order valence-electron chi connectivity index (χ1n) is 8.08. The summed E-state index contributed by atoms with van der Waals surface area (Å²) >= 11 is 5.90. The average Bonchev–Trinajstić information content (AvgIpc) is 3.08. The Morgan fingerprint density at radius 3 is 3.00 bits per heavy atom. The SMILES string of the molecule is CCCCn1cncc1-c1cccc(NC(=O)c2cc(Cl)ccn2)n1. The normalized spacial score (nSPS) is 10.6. The highest BCUT2D eigenvalue weighted by molar-refractivity contribution is 6.30. The molecule has 0 aliphatic carbocycles. The molecule has 3 rings (SSSR count). The lowest BCUT2D eigenvalue weighted by Gasteiger charge is -2.09. The van der Waals surface area contributed by atoms with Crippen molar-refractivity contribution in [1.82, 2.24) is 19.5 Å². The second kappa shape index (κ2) is 7.90. The minimum absolute atomic E-state index is 0.243. The van der Waals surface area contributed by atoms with Gasteiger partial charge in [0.2, 0.25) is 0 Å². The zero-order valence-electron chi connectivity index (χ0n) is 13.8. The first-order chi connectivity index (χ1) is 12.2. The molecule has 0 atom stereocenters. The molecule has 3 aromatic heterocycles. The molecule has 3 aromatic rings. The molecule has 0 saturated heterocycles. The zero-order chi connectivity index (χ0) is 17.6. The lowest BCUT2D eigenvalue weighted by molar-refractivity contribution is 0.102. The van der Waals surface area contributed by atoms with Crippen molar-refractivity contribution in [2.24, 2.45) is 0 Å². The van der Waals surface area contributed by atoms with Gasteiger partial charge in [-0.25, -0.2) is 9.97 Å². The first kappa shape index (κ1) is 17.1. The Bertz CT molecular complexity index is 877. The molecule has 0 spiro atoms. The summed E-state index contributed by atoms with van der Waals surface area (Å²) in [7, 11) is 0. The summed E-state index contributed by atoms with van der Waals surface area (Å²) in [6, 6.07) is 8.61. The van der Waals surface area contributed by atoms with Crippen LogP contribution in [0.4, 0.5) is 5.82 Å². The molecule has 0 aromatic carbocycles. The predicted octanol–water partition coefficient (Wildman–Crippen LogP) is 4.05. The highest BCUT2D eigenvalue weighted by Crippen LogP contribution is 2.19. The Morgan fingerprint density at radius 1 is 1.32 bits per heavy atom. The number of amides is 1. The second-order valence-corrected chi connectivity index (χ2v) is 5.98. The number of aromatic nitrogens is 4. The molecular formula is C18H18ClN5O. The molecule has 0 radical (unpaired) electrons. The van der Waals surface area contributed by atoms with Crippen molar-refractivity contribution in [1.29, 1.82) is 0 Å². The van der Waals surface area contributed by atoms with E-state index in [0.29, 0.717) is 10.8 Å². The van der Waals surface area contributed by atoms with Crippen LogP contribution in [0.5, 0.6) is 0 Å². The van der Waals surface area contributed by atoms with Crippen LogP contribution in [0.25, 0.3) is 11.4 Å².